The standard InChI is InChI=1S/C18H12N6S/c1-11-4-2-5-14(21-11)16-17(24-18(23-16)25-10-20-24)15-8-7-12-13(22-15)6-3-9-19-12/h2-10H,1H3. The van der Waals surface area contributed by atoms with Crippen molar-refractivity contribution in [2.75, 3.05) is 0 Å². The Balaban J connectivity index is 1.81. The predicted octanol–water partition coefficient (Wildman–Crippen LogP) is 3.77. The fourth-order valence-electron chi connectivity index (χ4n) is 2.87. The van der Waals surface area contributed by atoms with E-state index in [1.807, 2.05) is 53.9 Å². The lowest BCUT2D eigenvalue weighted by Gasteiger charge is -2.05. The number of pyridine rings is 3. The van der Waals surface area contributed by atoms with Crippen LogP contribution in [0, 0.1) is 6.92 Å². The molecule has 0 spiro atoms. The molecule has 0 aliphatic heterocycles. The second-order valence-corrected chi connectivity index (χ2v) is 6.46. The van der Waals surface area contributed by atoms with Crippen LogP contribution in [0.5, 0.6) is 0 Å². The molecule has 0 fully saturated rings. The van der Waals surface area contributed by atoms with E-state index in [0.717, 1.165) is 44.5 Å². The number of imidazole rings is 1. The molecule has 0 aromatic carbocycles. The maximum atomic E-state index is 4.77. The highest BCUT2D eigenvalue weighted by atomic mass is 32.1. The third-order valence-corrected chi connectivity index (χ3v) is 4.65. The molecule has 6 nitrogen and oxygen atoms in total. The van der Waals surface area contributed by atoms with Crippen molar-refractivity contribution in [2.45, 2.75) is 6.92 Å². The maximum absolute atomic E-state index is 4.77. The van der Waals surface area contributed by atoms with E-state index >= 15 is 0 Å². The van der Waals surface area contributed by atoms with E-state index in [-0.39, 0.29) is 0 Å². The van der Waals surface area contributed by atoms with E-state index in [0.29, 0.717) is 0 Å². The van der Waals surface area contributed by atoms with Crippen LogP contribution in [0.15, 0.2) is 54.2 Å². The van der Waals surface area contributed by atoms with Crippen molar-refractivity contribution in [3.63, 3.8) is 0 Å². The Hall–Kier alpha value is -3.19. The minimum Gasteiger partial charge on any atom is -0.255 e. The summed E-state index contributed by atoms with van der Waals surface area (Å²) in [6, 6.07) is 13.7. The first-order chi connectivity index (χ1) is 12.3. The lowest BCUT2D eigenvalue weighted by molar-refractivity contribution is 0.975. The van der Waals surface area contributed by atoms with Gasteiger partial charge in [-0.1, -0.05) is 17.4 Å². The molecule has 0 amide bonds. The number of aromatic nitrogens is 6. The van der Waals surface area contributed by atoms with Gasteiger partial charge in [0.15, 0.2) is 0 Å². The van der Waals surface area contributed by atoms with Crippen LogP contribution in [0.3, 0.4) is 0 Å². The zero-order valence-electron chi connectivity index (χ0n) is 13.3. The Morgan fingerprint density at radius 3 is 2.76 bits per heavy atom. The first-order valence-corrected chi connectivity index (χ1v) is 8.66. The predicted molar refractivity (Wildman–Crippen MR) is 97.4 cm³/mol. The number of hydrogen-bond donors (Lipinski definition) is 0. The molecule has 0 N–H and O–H groups in total. The summed E-state index contributed by atoms with van der Waals surface area (Å²) >= 11 is 1.49. The number of rotatable bonds is 2. The fraction of sp³-hybridized carbons (Fsp3) is 0.0556. The van der Waals surface area contributed by atoms with Crippen LogP contribution in [0.25, 0.3) is 38.8 Å². The Morgan fingerprint density at radius 1 is 0.880 bits per heavy atom. The highest BCUT2D eigenvalue weighted by molar-refractivity contribution is 7.14. The molecule has 5 aromatic heterocycles. The highest BCUT2D eigenvalue weighted by Crippen LogP contribution is 2.32. The molecule has 0 radical (unpaired) electrons. The summed E-state index contributed by atoms with van der Waals surface area (Å²) < 4.78 is 1.83. The zero-order valence-corrected chi connectivity index (χ0v) is 14.1. The van der Waals surface area contributed by atoms with E-state index in [9.17, 15) is 0 Å². The molecule has 0 unspecified atom stereocenters. The second-order valence-electron chi connectivity index (χ2n) is 5.64. The minimum absolute atomic E-state index is 0.791. The van der Waals surface area contributed by atoms with Gasteiger partial charge in [-0.25, -0.2) is 14.5 Å². The van der Waals surface area contributed by atoms with Crippen molar-refractivity contribution in [1.82, 2.24) is 29.5 Å². The topological polar surface area (TPSA) is 68.9 Å². The van der Waals surface area contributed by atoms with Gasteiger partial charge in [0.1, 0.15) is 16.9 Å². The van der Waals surface area contributed by atoms with Crippen LogP contribution < -0.4 is 0 Å². The monoisotopic (exact) mass is 344 g/mol. The van der Waals surface area contributed by atoms with E-state index in [4.69, 9.17) is 9.97 Å². The van der Waals surface area contributed by atoms with Gasteiger partial charge in [0, 0.05) is 11.9 Å². The molecule has 0 aliphatic rings. The van der Waals surface area contributed by atoms with Crippen molar-refractivity contribution >= 4 is 27.3 Å². The van der Waals surface area contributed by atoms with Crippen molar-refractivity contribution in [3.8, 4) is 22.8 Å². The van der Waals surface area contributed by atoms with Crippen LogP contribution in [-0.2, 0) is 0 Å². The van der Waals surface area contributed by atoms with E-state index in [1.165, 1.54) is 11.3 Å². The van der Waals surface area contributed by atoms with E-state index < -0.39 is 0 Å². The molecule has 5 heterocycles. The lowest BCUT2D eigenvalue weighted by Crippen LogP contribution is -1.95. The Bertz CT molecular complexity index is 1220. The number of nitrogens with zero attached hydrogens (tertiary/aromatic N) is 6. The summed E-state index contributed by atoms with van der Waals surface area (Å²) in [5.74, 6) is 0. The number of aryl methyl sites for hydroxylation is 1. The zero-order chi connectivity index (χ0) is 16.8. The molecule has 25 heavy (non-hydrogen) atoms. The molecule has 5 rings (SSSR count). The molecule has 0 bridgehead atoms. The van der Waals surface area contributed by atoms with Crippen LogP contribution in [0.4, 0.5) is 0 Å². The molecule has 0 aliphatic carbocycles. The van der Waals surface area contributed by atoms with Crippen LogP contribution >= 0.6 is 11.3 Å². The first kappa shape index (κ1) is 14.2. The van der Waals surface area contributed by atoms with Crippen molar-refractivity contribution in [3.05, 3.63) is 59.9 Å². The molecule has 7 heteroatoms. The second kappa shape index (κ2) is 5.42. The van der Waals surface area contributed by atoms with E-state index in [2.05, 4.69) is 15.1 Å². The Labute approximate surface area is 146 Å². The van der Waals surface area contributed by atoms with Gasteiger partial charge in [0.2, 0.25) is 4.96 Å². The van der Waals surface area contributed by atoms with Gasteiger partial charge < -0.3 is 0 Å². The van der Waals surface area contributed by atoms with Gasteiger partial charge in [-0.2, -0.15) is 5.10 Å². The van der Waals surface area contributed by atoms with Gasteiger partial charge in [0.25, 0.3) is 0 Å². The minimum atomic E-state index is 0.791. The first-order valence-electron chi connectivity index (χ1n) is 7.78. The molecule has 0 atom stereocenters. The lowest BCUT2D eigenvalue weighted by atomic mass is 10.1. The van der Waals surface area contributed by atoms with Crippen LogP contribution in [0.1, 0.15) is 5.69 Å². The molecule has 120 valence electrons. The van der Waals surface area contributed by atoms with Gasteiger partial charge in [-0.3, -0.25) is 9.97 Å². The summed E-state index contributed by atoms with van der Waals surface area (Å²) in [6.45, 7) is 1.97. The molecular weight excluding hydrogens is 332 g/mol. The fourth-order valence-corrected chi connectivity index (χ4v) is 3.48. The van der Waals surface area contributed by atoms with Gasteiger partial charge >= 0.3 is 0 Å². The van der Waals surface area contributed by atoms with Crippen molar-refractivity contribution in [1.29, 1.82) is 0 Å². The highest BCUT2D eigenvalue weighted by Gasteiger charge is 2.20. The third-order valence-electron chi connectivity index (χ3n) is 3.98. The summed E-state index contributed by atoms with van der Waals surface area (Å²) in [5, 5.41) is 4.43. The smallest absolute Gasteiger partial charge is 0.213 e. The summed E-state index contributed by atoms with van der Waals surface area (Å²) in [4.78, 5) is 19.3. The largest absolute Gasteiger partial charge is 0.255 e. The summed E-state index contributed by atoms with van der Waals surface area (Å²) in [5.41, 5.74) is 7.69. The maximum Gasteiger partial charge on any atom is 0.213 e. The van der Waals surface area contributed by atoms with Crippen LogP contribution in [0.2, 0.25) is 0 Å². The Kier molecular flexibility index (Phi) is 3.07. The molecular formula is C18H12N6S. The van der Waals surface area contributed by atoms with Gasteiger partial charge in [0.05, 0.1) is 22.4 Å². The SMILES string of the molecule is Cc1cccc(-c2nc3scnn3c2-c2ccc3ncccc3n2)n1. The van der Waals surface area contributed by atoms with Gasteiger partial charge in [-0.05, 0) is 43.3 Å². The average molecular weight is 344 g/mol. The Morgan fingerprint density at radius 2 is 1.84 bits per heavy atom. The summed E-state index contributed by atoms with van der Waals surface area (Å²) in [6.07, 6.45) is 1.77. The number of hydrogen-bond acceptors (Lipinski definition) is 6. The third kappa shape index (κ3) is 2.28. The molecule has 0 saturated carbocycles. The average Bonchev–Trinajstić information content (AvgIpc) is 3.22. The van der Waals surface area contributed by atoms with Crippen molar-refractivity contribution < 1.29 is 0 Å². The summed E-state index contributed by atoms with van der Waals surface area (Å²) in [7, 11) is 0. The molecule has 5 aromatic rings. The normalized spacial score (nSPS) is 11.4. The van der Waals surface area contributed by atoms with Crippen molar-refractivity contribution in [2.24, 2.45) is 0 Å². The molecule has 0 saturated heterocycles. The van der Waals surface area contributed by atoms with Crippen LogP contribution in [-0.4, -0.2) is 29.5 Å². The van der Waals surface area contributed by atoms with E-state index in [1.54, 1.807) is 11.7 Å². The van der Waals surface area contributed by atoms with Gasteiger partial charge in [-0.15, -0.1) is 0 Å². The number of fused-ring (bicyclic) bond motifs is 2. The quantitative estimate of drug-likeness (QED) is 0.487.